The zero-order valence-corrected chi connectivity index (χ0v) is 19.1. The number of imide groups is 1. The summed E-state index contributed by atoms with van der Waals surface area (Å²) in [7, 11) is 3.43. The van der Waals surface area contributed by atoms with Crippen molar-refractivity contribution in [2.45, 2.75) is 0 Å². The molecule has 0 aliphatic carbocycles. The molecule has 0 atom stereocenters. The number of fused-ring (bicyclic) bond motifs is 1. The molecule has 0 radical (unpaired) electrons. The largest absolute Gasteiger partial charge is 0.454 e. The molecule has 2 heterocycles. The number of nitrogens with zero attached hydrogens (tertiary/aromatic N) is 3. The molecule has 12 heteroatoms. The highest BCUT2D eigenvalue weighted by Gasteiger charge is 2.35. The van der Waals surface area contributed by atoms with Crippen molar-refractivity contribution in [2.24, 2.45) is 0 Å². The van der Waals surface area contributed by atoms with E-state index in [9.17, 15) is 24.5 Å². The molecular weight excluding hydrogens is 464 g/mol. The van der Waals surface area contributed by atoms with E-state index in [4.69, 9.17) is 9.47 Å². The molecule has 1 saturated heterocycles. The standard InChI is InChI=1S/C22H20N4O7S/c1-24(2)16-5-4-14(26(30)31)11-15(16)20(27)23-7-8-25-21(28)19(34-22(25)29)10-13-3-6-17-18(9-13)33-12-32-17/h3-6,9-11H,7-8,12H2,1-2H3,(H,23,27)/b19-10-. The van der Waals surface area contributed by atoms with E-state index in [0.717, 1.165) is 16.7 Å². The van der Waals surface area contributed by atoms with Gasteiger partial charge in [0.2, 0.25) is 6.79 Å². The first-order valence-electron chi connectivity index (χ1n) is 10.1. The van der Waals surface area contributed by atoms with Crippen LogP contribution in [0.5, 0.6) is 11.5 Å². The number of carbonyl (C=O) groups excluding carboxylic acids is 3. The lowest BCUT2D eigenvalue weighted by Gasteiger charge is -2.18. The predicted molar refractivity (Wildman–Crippen MR) is 125 cm³/mol. The third-order valence-electron chi connectivity index (χ3n) is 5.11. The molecule has 0 spiro atoms. The summed E-state index contributed by atoms with van der Waals surface area (Å²) >= 11 is 0.809. The van der Waals surface area contributed by atoms with Crippen LogP contribution in [0.4, 0.5) is 16.2 Å². The molecule has 0 saturated carbocycles. The minimum atomic E-state index is -0.580. The van der Waals surface area contributed by atoms with Crippen LogP contribution in [0.1, 0.15) is 15.9 Å². The van der Waals surface area contributed by atoms with Crippen molar-refractivity contribution in [1.29, 1.82) is 0 Å². The van der Waals surface area contributed by atoms with Gasteiger partial charge in [-0.15, -0.1) is 0 Å². The number of benzene rings is 2. The Hall–Kier alpha value is -4.06. The van der Waals surface area contributed by atoms with Crippen LogP contribution in [-0.4, -0.2) is 60.9 Å². The fraction of sp³-hybridized carbons (Fsp3) is 0.227. The van der Waals surface area contributed by atoms with Crippen molar-refractivity contribution >= 4 is 46.3 Å². The number of nitro benzene ring substituents is 1. The van der Waals surface area contributed by atoms with E-state index in [1.807, 2.05) is 0 Å². The van der Waals surface area contributed by atoms with Crippen molar-refractivity contribution in [2.75, 3.05) is 38.9 Å². The predicted octanol–water partition coefficient (Wildman–Crippen LogP) is 2.86. The Morgan fingerprint density at radius 2 is 1.97 bits per heavy atom. The molecule has 4 rings (SSSR count). The third kappa shape index (κ3) is 4.66. The van der Waals surface area contributed by atoms with Gasteiger partial charge in [0.25, 0.3) is 22.7 Å². The van der Waals surface area contributed by atoms with Crippen LogP contribution < -0.4 is 19.7 Å². The SMILES string of the molecule is CN(C)c1ccc([N+](=O)[O-])cc1C(=O)NCCN1C(=O)S/C(=C\c2ccc3c(c2)OCO3)C1=O. The molecule has 2 aromatic rings. The topological polar surface area (TPSA) is 131 Å². The van der Waals surface area contributed by atoms with E-state index in [1.165, 1.54) is 18.2 Å². The molecule has 2 aliphatic heterocycles. The maximum Gasteiger partial charge on any atom is 0.293 e. The van der Waals surface area contributed by atoms with Gasteiger partial charge in [-0.3, -0.25) is 29.4 Å². The molecule has 0 unspecified atom stereocenters. The second-order valence-electron chi connectivity index (χ2n) is 7.55. The van der Waals surface area contributed by atoms with Crippen molar-refractivity contribution in [3.63, 3.8) is 0 Å². The van der Waals surface area contributed by atoms with Gasteiger partial charge in [-0.05, 0) is 41.6 Å². The second kappa shape index (κ2) is 9.43. The molecule has 176 valence electrons. The number of non-ortho nitro benzene ring substituents is 1. The number of anilines is 1. The Morgan fingerprint density at radius 3 is 2.71 bits per heavy atom. The first-order chi connectivity index (χ1) is 16.2. The average molecular weight is 484 g/mol. The summed E-state index contributed by atoms with van der Waals surface area (Å²) in [6.45, 7) is 0.0816. The first kappa shape index (κ1) is 23.1. The number of hydrogen-bond donors (Lipinski definition) is 1. The van der Waals surface area contributed by atoms with Gasteiger partial charge in [-0.1, -0.05) is 6.07 Å². The summed E-state index contributed by atoms with van der Waals surface area (Å²) in [5.74, 6) is 0.164. The van der Waals surface area contributed by atoms with Crippen molar-refractivity contribution in [3.8, 4) is 11.5 Å². The molecule has 1 fully saturated rings. The lowest BCUT2D eigenvalue weighted by molar-refractivity contribution is -0.384. The molecule has 3 amide bonds. The molecule has 34 heavy (non-hydrogen) atoms. The number of ether oxygens (including phenoxy) is 2. The van der Waals surface area contributed by atoms with Gasteiger partial charge in [-0.25, -0.2) is 0 Å². The third-order valence-corrected chi connectivity index (χ3v) is 6.01. The Labute approximate surface area is 198 Å². The molecule has 0 bridgehead atoms. The quantitative estimate of drug-likeness (QED) is 0.358. The highest BCUT2D eigenvalue weighted by atomic mass is 32.2. The summed E-state index contributed by atoms with van der Waals surface area (Å²) in [4.78, 5) is 51.3. The maximum atomic E-state index is 12.7. The fourth-order valence-electron chi connectivity index (χ4n) is 3.43. The Morgan fingerprint density at radius 1 is 1.21 bits per heavy atom. The molecular formula is C22H20N4O7S. The normalized spacial score (nSPS) is 15.7. The Kier molecular flexibility index (Phi) is 6.41. The van der Waals surface area contributed by atoms with E-state index < -0.39 is 22.0 Å². The minimum Gasteiger partial charge on any atom is -0.454 e. The van der Waals surface area contributed by atoms with Crippen LogP contribution in [0.25, 0.3) is 6.08 Å². The summed E-state index contributed by atoms with van der Waals surface area (Å²) in [6, 6.07) is 9.20. The van der Waals surface area contributed by atoms with E-state index in [1.54, 1.807) is 43.3 Å². The van der Waals surface area contributed by atoms with Crippen LogP contribution in [0.2, 0.25) is 0 Å². The number of hydrogen-bond acceptors (Lipinski definition) is 9. The summed E-state index contributed by atoms with van der Waals surface area (Å²) in [6.07, 6.45) is 1.60. The van der Waals surface area contributed by atoms with Crippen LogP contribution in [-0.2, 0) is 4.79 Å². The number of carbonyl (C=O) groups is 3. The number of nitrogens with one attached hydrogen (secondary N) is 1. The Bertz CT molecular complexity index is 1230. The summed E-state index contributed by atoms with van der Waals surface area (Å²) in [5, 5.41) is 13.3. The first-order valence-corrected chi connectivity index (χ1v) is 10.9. The number of nitro groups is 1. The lowest BCUT2D eigenvalue weighted by atomic mass is 10.1. The molecule has 11 nitrogen and oxygen atoms in total. The highest BCUT2D eigenvalue weighted by molar-refractivity contribution is 8.18. The van der Waals surface area contributed by atoms with Gasteiger partial charge in [0, 0.05) is 45.0 Å². The van der Waals surface area contributed by atoms with Crippen LogP contribution >= 0.6 is 11.8 Å². The molecule has 2 aromatic carbocycles. The Balaban J connectivity index is 1.41. The molecule has 2 aliphatic rings. The highest BCUT2D eigenvalue weighted by Crippen LogP contribution is 2.36. The number of amides is 3. The van der Waals surface area contributed by atoms with Crippen LogP contribution in [0.3, 0.4) is 0 Å². The molecule has 1 N–H and O–H groups in total. The zero-order chi connectivity index (χ0) is 24.4. The number of rotatable bonds is 7. The van der Waals surface area contributed by atoms with Crippen molar-refractivity contribution < 1.29 is 28.8 Å². The lowest BCUT2D eigenvalue weighted by Crippen LogP contribution is -2.37. The van der Waals surface area contributed by atoms with Gasteiger partial charge in [0.05, 0.1) is 15.4 Å². The van der Waals surface area contributed by atoms with E-state index in [2.05, 4.69) is 5.32 Å². The monoisotopic (exact) mass is 484 g/mol. The smallest absolute Gasteiger partial charge is 0.293 e. The van der Waals surface area contributed by atoms with E-state index in [0.29, 0.717) is 22.7 Å². The van der Waals surface area contributed by atoms with Crippen molar-refractivity contribution in [3.05, 3.63) is 62.5 Å². The van der Waals surface area contributed by atoms with Crippen LogP contribution in [0, 0.1) is 10.1 Å². The zero-order valence-electron chi connectivity index (χ0n) is 18.3. The van der Waals surface area contributed by atoms with Gasteiger partial charge in [0.1, 0.15) is 0 Å². The van der Waals surface area contributed by atoms with Gasteiger partial charge in [0.15, 0.2) is 11.5 Å². The molecule has 0 aromatic heterocycles. The number of thioether (sulfide) groups is 1. The average Bonchev–Trinajstić information content (AvgIpc) is 3.37. The fourth-order valence-corrected chi connectivity index (χ4v) is 4.30. The van der Waals surface area contributed by atoms with E-state index >= 15 is 0 Å². The van der Waals surface area contributed by atoms with Gasteiger partial charge < -0.3 is 19.7 Å². The summed E-state index contributed by atoms with van der Waals surface area (Å²) < 4.78 is 10.6. The van der Waals surface area contributed by atoms with E-state index in [-0.39, 0.29) is 36.0 Å². The minimum absolute atomic E-state index is 0.0102. The van der Waals surface area contributed by atoms with Crippen LogP contribution in [0.15, 0.2) is 41.3 Å². The summed E-state index contributed by atoms with van der Waals surface area (Å²) in [5.41, 5.74) is 1.09. The van der Waals surface area contributed by atoms with Crippen molar-refractivity contribution in [1.82, 2.24) is 10.2 Å². The van der Waals surface area contributed by atoms with Gasteiger partial charge in [-0.2, -0.15) is 0 Å². The second-order valence-corrected chi connectivity index (χ2v) is 8.55. The maximum absolute atomic E-state index is 12.7. The van der Waals surface area contributed by atoms with Gasteiger partial charge >= 0.3 is 0 Å².